The summed E-state index contributed by atoms with van der Waals surface area (Å²) < 4.78 is 13.8. The Morgan fingerprint density at radius 2 is 1.90 bits per heavy atom. The van der Waals surface area contributed by atoms with E-state index in [1.807, 2.05) is 30.3 Å². The number of halogens is 2. The first kappa shape index (κ1) is 15.9. The molecule has 0 radical (unpaired) electrons. The Kier molecular flexibility index (Phi) is 5.65. The highest BCUT2D eigenvalue weighted by atomic mass is 35.5. The molecule has 2 rings (SSSR count). The Hall–Kier alpha value is -1.52. The lowest BCUT2D eigenvalue weighted by molar-refractivity contribution is -0.136. The zero-order valence-electron chi connectivity index (χ0n) is 11.1. The summed E-state index contributed by atoms with van der Waals surface area (Å²) in [6.45, 7) is 0. The number of aliphatic carboxylic acids is 1. The molecule has 0 aliphatic rings. The zero-order valence-corrected chi connectivity index (χ0v) is 12.7. The van der Waals surface area contributed by atoms with Crippen molar-refractivity contribution in [1.82, 2.24) is 0 Å². The van der Waals surface area contributed by atoms with Gasteiger partial charge in [0.2, 0.25) is 0 Å². The molecule has 0 aliphatic heterocycles. The first-order chi connectivity index (χ1) is 10.1. The maximum absolute atomic E-state index is 13.8. The van der Waals surface area contributed by atoms with Gasteiger partial charge in [-0.15, -0.1) is 11.8 Å². The van der Waals surface area contributed by atoms with E-state index in [2.05, 4.69) is 0 Å². The number of thioether (sulfide) groups is 1. The summed E-state index contributed by atoms with van der Waals surface area (Å²) >= 11 is 6.92. The van der Waals surface area contributed by atoms with Crippen molar-refractivity contribution in [2.75, 3.05) is 0 Å². The van der Waals surface area contributed by atoms with Gasteiger partial charge in [-0.25, -0.2) is 4.39 Å². The molecule has 0 aromatic heterocycles. The molecular formula is C16H14ClFO2S. The quantitative estimate of drug-likeness (QED) is 0.855. The van der Waals surface area contributed by atoms with Crippen molar-refractivity contribution in [3.05, 3.63) is 70.5 Å². The van der Waals surface area contributed by atoms with Crippen molar-refractivity contribution < 1.29 is 14.3 Å². The van der Waals surface area contributed by atoms with Gasteiger partial charge in [0.1, 0.15) is 11.1 Å². The smallest absolute Gasteiger partial charge is 0.316 e. The average molecular weight is 325 g/mol. The van der Waals surface area contributed by atoms with Gasteiger partial charge in [-0.1, -0.05) is 54.1 Å². The molecule has 5 heteroatoms. The third kappa shape index (κ3) is 4.48. The summed E-state index contributed by atoms with van der Waals surface area (Å²) in [5.74, 6) is -1.10. The predicted octanol–water partition coefficient (Wildman–Crippen LogP) is 4.41. The summed E-state index contributed by atoms with van der Waals surface area (Å²) in [5, 5.41) is 8.73. The minimum absolute atomic E-state index is 0.0584. The summed E-state index contributed by atoms with van der Waals surface area (Å²) in [6.07, 6.45) is 0.406. The molecule has 0 saturated heterocycles. The van der Waals surface area contributed by atoms with Crippen LogP contribution in [0.25, 0.3) is 0 Å². The average Bonchev–Trinajstić information content (AvgIpc) is 2.48. The van der Waals surface area contributed by atoms with Crippen molar-refractivity contribution in [2.24, 2.45) is 0 Å². The van der Waals surface area contributed by atoms with Gasteiger partial charge in [-0.2, -0.15) is 0 Å². The van der Waals surface area contributed by atoms with Crippen LogP contribution in [0.2, 0.25) is 5.02 Å². The molecule has 2 aromatic rings. The van der Waals surface area contributed by atoms with Crippen molar-refractivity contribution in [2.45, 2.75) is 17.4 Å². The van der Waals surface area contributed by atoms with Crippen LogP contribution < -0.4 is 0 Å². The maximum atomic E-state index is 13.8. The first-order valence-electron chi connectivity index (χ1n) is 6.39. The molecule has 2 aromatic carbocycles. The van der Waals surface area contributed by atoms with Crippen molar-refractivity contribution in [3.8, 4) is 0 Å². The highest BCUT2D eigenvalue weighted by Gasteiger charge is 2.19. The van der Waals surface area contributed by atoms with Gasteiger partial charge in [-0.05, 0) is 23.6 Å². The third-order valence-electron chi connectivity index (χ3n) is 3.01. The Balaban J connectivity index is 2.04. The van der Waals surface area contributed by atoms with Crippen LogP contribution in [0.15, 0.2) is 48.5 Å². The summed E-state index contributed by atoms with van der Waals surface area (Å²) in [5.41, 5.74) is 1.37. The minimum Gasteiger partial charge on any atom is -0.480 e. The number of hydrogen-bond donors (Lipinski definition) is 1. The zero-order chi connectivity index (χ0) is 15.2. The Bertz CT molecular complexity index is 619. The van der Waals surface area contributed by atoms with E-state index in [-0.39, 0.29) is 10.8 Å². The minimum atomic E-state index is -0.897. The molecule has 0 spiro atoms. The van der Waals surface area contributed by atoms with Crippen molar-refractivity contribution >= 4 is 29.3 Å². The molecular weight excluding hydrogens is 311 g/mol. The Labute approximate surface area is 131 Å². The second kappa shape index (κ2) is 7.48. The number of rotatable bonds is 6. The topological polar surface area (TPSA) is 37.3 Å². The van der Waals surface area contributed by atoms with Crippen LogP contribution in [0.3, 0.4) is 0 Å². The molecule has 1 unspecified atom stereocenters. The van der Waals surface area contributed by atoms with E-state index in [4.69, 9.17) is 11.6 Å². The van der Waals surface area contributed by atoms with Crippen LogP contribution in [0.5, 0.6) is 0 Å². The van der Waals surface area contributed by atoms with Crippen LogP contribution in [-0.4, -0.2) is 16.3 Å². The second-order valence-corrected chi connectivity index (χ2v) is 6.14. The van der Waals surface area contributed by atoms with E-state index in [1.165, 1.54) is 17.8 Å². The van der Waals surface area contributed by atoms with Gasteiger partial charge in [-0.3, -0.25) is 4.79 Å². The highest BCUT2D eigenvalue weighted by Crippen LogP contribution is 2.26. The fraction of sp³-hybridized carbons (Fsp3) is 0.188. The van der Waals surface area contributed by atoms with Gasteiger partial charge in [0.05, 0.1) is 5.02 Å². The normalized spacial score (nSPS) is 12.1. The first-order valence-corrected chi connectivity index (χ1v) is 7.82. The van der Waals surface area contributed by atoms with Crippen LogP contribution >= 0.6 is 23.4 Å². The number of carboxylic acids is 1. The van der Waals surface area contributed by atoms with Crippen LogP contribution in [0.4, 0.5) is 4.39 Å². The number of carboxylic acid groups (broad SMARTS) is 1. The van der Waals surface area contributed by atoms with E-state index in [9.17, 15) is 14.3 Å². The number of benzene rings is 2. The molecule has 0 saturated carbocycles. The predicted molar refractivity (Wildman–Crippen MR) is 84.3 cm³/mol. The lowest BCUT2D eigenvalue weighted by Gasteiger charge is -2.13. The molecule has 110 valence electrons. The van der Waals surface area contributed by atoms with Gasteiger partial charge in [0.15, 0.2) is 0 Å². The molecule has 21 heavy (non-hydrogen) atoms. The highest BCUT2D eigenvalue weighted by molar-refractivity contribution is 7.99. The Morgan fingerprint density at radius 1 is 1.19 bits per heavy atom. The molecule has 0 heterocycles. The molecule has 0 amide bonds. The Morgan fingerprint density at radius 3 is 2.57 bits per heavy atom. The lowest BCUT2D eigenvalue weighted by atomic mass is 10.1. The summed E-state index contributed by atoms with van der Waals surface area (Å²) in [6, 6.07) is 14.2. The monoisotopic (exact) mass is 324 g/mol. The van der Waals surface area contributed by atoms with E-state index in [0.717, 1.165) is 5.56 Å². The van der Waals surface area contributed by atoms with Gasteiger partial charge >= 0.3 is 5.97 Å². The van der Waals surface area contributed by atoms with Gasteiger partial charge in [0.25, 0.3) is 0 Å². The van der Waals surface area contributed by atoms with Gasteiger partial charge in [0, 0.05) is 5.75 Å². The van der Waals surface area contributed by atoms with Gasteiger partial charge < -0.3 is 5.11 Å². The molecule has 0 bridgehead atoms. The maximum Gasteiger partial charge on any atom is 0.316 e. The van der Waals surface area contributed by atoms with E-state index in [0.29, 0.717) is 12.0 Å². The SMILES string of the molecule is O=C(O)C(Cc1ccccc1)SCc1cccc(Cl)c1F. The van der Waals surface area contributed by atoms with Crippen LogP contribution in [0, 0.1) is 5.82 Å². The van der Waals surface area contributed by atoms with E-state index >= 15 is 0 Å². The summed E-state index contributed by atoms with van der Waals surface area (Å²) in [7, 11) is 0. The summed E-state index contributed by atoms with van der Waals surface area (Å²) in [4.78, 5) is 11.3. The standard InChI is InChI=1S/C16H14ClFO2S/c17-13-8-4-7-12(15(13)18)10-21-14(16(19)20)9-11-5-2-1-3-6-11/h1-8,14H,9-10H2,(H,19,20). The number of hydrogen-bond acceptors (Lipinski definition) is 2. The lowest BCUT2D eigenvalue weighted by Crippen LogP contribution is -2.19. The largest absolute Gasteiger partial charge is 0.480 e. The second-order valence-electron chi connectivity index (χ2n) is 4.54. The molecule has 0 fully saturated rings. The molecule has 2 nitrogen and oxygen atoms in total. The fourth-order valence-corrected chi connectivity index (χ4v) is 3.15. The van der Waals surface area contributed by atoms with Crippen LogP contribution in [-0.2, 0) is 17.0 Å². The third-order valence-corrected chi connectivity index (χ3v) is 4.55. The fourth-order valence-electron chi connectivity index (χ4n) is 1.90. The molecule has 0 aliphatic carbocycles. The van der Waals surface area contributed by atoms with Crippen molar-refractivity contribution in [3.63, 3.8) is 0 Å². The van der Waals surface area contributed by atoms with E-state index in [1.54, 1.807) is 12.1 Å². The van der Waals surface area contributed by atoms with E-state index < -0.39 is 17.0 Å². The molecule has 1 atom stereocenters. The number of carbonyl (C=O) groups is 1. The van der Waals surface area contributed by atoms with Crippen molar-refractivity contribution in [1.29, 1.82) is 0 Å². The molecule has 1 N–H and O–H groups in total. The van der Waals surface area contributed by atoms with Crippen LogP contribution in [0.1, 0.15) is 11.1 Å².